The van der Waals surface area contributed by atoms with Crippen molar-refractivity contribution in [2.75, 3.05) is 5.75 Å². The molecule has 0 aliphatic heterocycles. The smallest absolute Gasteiger partial charge is 0.313 e. The van der Waals surface area contributed by atoms with Gasteiger partial charge in [0.15, 0.2) is 0 Å². The van der Waals surface area contributed by atoms with Crippen molar-refractivity contribution in [1.82, 2.24) is 9.78 Å². The minimum Gasteiger partial charge on any atom is -0.481 e. The van der Waals surface area contributed by atoms with Crippen LogP contribution in [-0.2, 0) is 11.2 Å². The van der Waals surface area contributed by atoms with Crippen molar-refractivity contribution in [2.24, 2.45) is 5.92 Å². The van der Waals surface area contributed by atoms with E-state index in [9.17, 15) is 4.79 Å². The predicted molar refractivity (Wildman–Crippen MR) is 88.2 cm³/mol. The molecule has 0 bridgehead atoms. The van der Waals surface area contributed by atoms with Gasteiger partial charge >= 0.3 is 5.97 Å². The fraction of sp³-hybridized carbons (Fsp3) is 0.333. The van der Waals surface area contributed by atoms with Crippen LogP contribution in [0.1, 0.15) is 19.5 Å². The summed E-state index contributed by atoms with van der Waals surface area (Å²) in [6.45, 7) is 4.28. The quantitative estimate of drug-likeness (QED) is 0.782. The van der Waals surface area contributed by atoms with Gasteiger partial charge in [-0.1, -0.05) is 47.6 Å². The van der Waals surface area contributed by atoms with Gasteiger partial charge in [0.1, 0.15) is 5.03 Å². The molecule has 0 atom stereocenters. The van der Waals surface area contributed by atoms with Crippen LogP contribution in [0.25, 0.3) is 5.69 Å². The topological polar surface area (TPSA) is 55.1 Å². The molecule has 0 saturated heterocycles. The highest BCUT2D eigenvalue weighted by atomic mass is 79.9. The molecule has 0 aliphatic rings. The summed E-state index contributed by atoms with van der Waals surface area (Å²) in [4.78, 5) is 10.8. The van der Waals surface area contributed by atoms with Crippen LogP contribution >= 0.6 is 27.7 Å². The Hall–Kier alpha value is -1.27. The minimum atomic E-state index is -0.826. The summed E-state index contributed by atoms with van der Waals surface area (Å²) in [6, 6.07) is 9.80. The SMILES string of the molecule is CC(C)Cc1cc(SCC(=O)O)n(-c2cccc(Br)c2)n1. The molecule has 0 amide bonds. The zero-order valence-corrected chi connectivity index (χ0v) is 14.3. The van der Waals surface area contributed by atoms with Gasteiger partial charge in [0.05, 0.1) is 17.1 Å². The second kappa shape index (κ2) is 7.13. The molecule has 0 radical (unpaired) electrons. The summed E-state index contributed by atoms with van der Waals surface area (Å²) in [5.74, 6) is -0.290. The van der Waals surface area contributed by atoms with Gasteiger partial charge in [-0.2, -0.15) is 5.10 Å². The van der Waals surface area contributed by atoms with E-state index in [4.69, 9.17) is 5.11 Å². The number of carboxylic acid groups (broad SMARTS) is 1. The molecule has 1 heterocycles. The van der Waals surface area contributed by atoms with Crippen molar-refractivity contribution < 1.29 is 9.90 Å². The average molecular weight is 369 g/mol. The number of carbonyl (C=O) groups is 1. The van der Waals surface area contributed by atoms with Gasteiger partial charge in [-0.25, -0.2) is 4.68 Å². The number of nitrogens with zero attached hydrogens (tertiary/aromatic N) is 2. The summed E-state index contributed by atoms with van der Waals surface area (Å²) >= 11 is 4.74. The van der Waals surface area contributed by atoms with Crippen molar-refractivity contribution in [1.29, 1.82) is 0 Å². The number of halogens is 1. The maximum Gasteiger partial charge on any atom is 0.313 e. The fourth-order valence-electron chi connectivity index (χ4n) is 1.96. The molecule has 0 spiro atoms. The van der Waals surface area contributed by atoms with Crippen LogP contribution < -0.4 is 0 Å². The number of carboxylic acids is 1. The van der Waals surface area contributed by atoms with Crippen molar-refractivity contribution in [3.05, 3.63) is 40.5 Å². The first-order valence-electron chi connectivity index (χ1n) is 6.65. The van der Waals surface area contributed by atoms with Crippen molar-refractivity contribution in [2.45, 2.75) is 25.3 Å². The van der Waals surface area contributed by atoms with E-state index in [2.05, 4.69) is 34.9 Å². The molecule has 1 N–H and O–H groups in total. The summed E-state index contributed by atoms with van der Waals surface area (Å²) < 4.78 is 2.78. The number of thioether (sulfide) groups is 1. The highest BCUT2D eigenvalue weighted by Crippen LogP contribution is 2.25. The third kappa shape index (κ3) is 4.61. The molecule has 0 saturated carbocycles. The zero-order valence-electron chi connectivity index (χ0n) is 11.9. The molecule has 0 aliphatic carbocycles. The van der Waals surface area contributed by atoms with Crippen molar-refractivity contribution >= 4 is 33.7 Å². The van der Waals surface area contributed by atoms with Gasteiger partial charge in [0, 0.05) is 4.47 Å². The minimum absolute atomic E-state index is 0.0286. The Balaban J connectivity index is 2.36. The van der Waals surface area contributed by atoms with E-state index < -0.39 is 5.97 Å². The van der Waals surface area contributed by atoms with Crippen LogP contribution in [0.15, 0.2) is 39.8 Å². The molecule has 2 aromatic rings. The molecule has 2 rings (SSSR count). The number of aliphatic carboxylic acids is 1. The highest BCUT2D eigenvalue weighted by Gasteiger charge is 2.13. The summed E-state index contributed by atoms with van der Waals surface area (Å²) in [5.41, 5.74) is 1.91. The lowest BCUT2D eigenvalue weighted by Crippen LogP contribution is -2.03. The second-order valence-electron chi connectivity index (χ2n) is 5.15. The first-order valence-corrected chi connectivity index (χ1v) is 8.43. The summed E-state index contributed by atoms with van der Waals surface area (Å²) in [7, 11) is 0. The van der Waals surface area contributed by atoms with Crippen molar-refractivity contribution in [3.8, 4) is 5.69 Å². The Bertz CT molecular complexity index is 640. The molecule has 21 heavy (non-hydrogen) atoms. The Morgan fingerprint density at radius 3 is 2.81 bits per heavy atom. The van der Waals surface area contributed by atoms with Crippen LogP contribution in [0.4, 0.5) is 0 Å². The Morgan fingerprint density at radius 2 is 2.19 bits per heavy atom. The van der Waals surface area contributed by atoms with Gasteiger partial charge < -0.3 is 5.11 Å². The van der Waals surface area contributed by atoms with Crippen LogP contribution in [0, 0.1) is 5.92 Å². The number of hydrogen-bond acceptors (Lipinski definition) is 3. The molecule has 4 nitrogen and oxygen atoms in total. The Labute approximate surface area is 136 Å². The predicted octanol–water partition coefficient (Wildman–Crippen LogP) is 4.01. The molecule has 0 unspecified atom stereocenters. The lowest BCUT2D eigenvalue weighted by atomic mass is 10.1. The molecular formula is C15H17BrN2O2S. The van der Waals surface area contributed by atoms with E-state index in [0.717, 1.165) is 27.3 Å². The van der Waals surface area contributed by atoms with Gasteiger partial charge in [0.2, 0.25) is 0 Å². The maximum atomic E-state index is 10.8. The Kier molecular flexibility index (Phi) is 5.47. The lowest BCUT2D eigenvalue weighted by molar-refractivity contribution is -0.133. The number of aromatic nitrogens is 2. The third-order valence-electron chi connectivity index (χ3n) is 2.74. The summed E-state index contributed by atoms with van der Waals surface area (Å²) in [6.07, 6.45) is 0.877. The van der Waals surface area contributed by atoms with Crippen LogP contribution in [-0.4, -0.2) is 26.6 Å². The number of benzene rings is 1. The van der Waals surface area contributed by atoms with Crippen LogP contribution in [0.5, 0.6) is 0 Å². The highest BCUT2D eigenvalue weighted by molar-refractivity contribution is 9.10. The standard InChI is InChI=1S/C15H17BrN2O2S/c1-10(2)6-12-8-14(21-9-15(19)20)18(17-12)13-5-3-4-11(16)7-13/h3-5,7-8,10H,6,9H2,1-2H3,(H,19,20). The van der Waals surface area contributed by atoms with E-state index >= 15 is 0 Å². The van der Waals surface area contributed by atoms with E-state index in [-0.39, 0.29) is 5.75 Å². The molecule has 1 aromatic heterocycles. The molecule has 0 fully saturated rings. The zero-order chi connectivity index (χ0) is 15.4. The second-order valence-corrected chi connectivity index (χ2v) is 7.06. The summed E-state index contributed by atoms with van der Waals surface area (Å²) in [5, 5.41) is 14.3. The monoisotopic (exact) mass is 368 g/mol. The number of rotatable bonds is 6. The van der Waals surface area contributed by atoms with Gasteiger partial charge in [0.25, 0.3) is 0 Å². The lowest BCUT2D eigenvalue weighted by Gasteiger charge is -2.06. The maximum absolute atomic E-state index is 10.8. The third-order valence-corrected chi connectivity index (χ3v) is 4.21. The normalized spacial score (nSPS) is 11.0. The number of hydrogen-bond donors (Lipinski definition) is 1. The Morgan fingerprint density at radius 1 is 1.43 bits per heavy atom. The van der Waals surface area contributed by atoms with E-state index in [1.807, 2.05) is 35.0 Å². The van der Waals surface area contributed by atoms with Gasteiger partial charge in [-0.15, -0.1) is 0 Å². The fourth-order valence-corrected chi connectivity index (χ4v) is 3.11. The molecule has 112 valence electrons. The van der Waals surface area contributed by atoms with E-state index in [1.165, 1.54) is 11.8 Å². The van der Waals surface area contributed by atoms with Gasteiger partial charge in [-0.3, -0.25) is 4.79 Å². The molecule has 6 heteroatoms. The average Bonchev–Trinajstić information content (AvgIpc) is 2.78. The first kappa shape index (κ1) is 16.1. The van der Waals surface area contributed by atoms with Crippen molar-refractivity contribution in [3.63, 3.8) is 0 Å². The van der Waals surface area contributed by atoms with Crippen LogP contribution in [0.3, 0.4) is 0 Å². The van der Waals surface area contributed by atoms with Crippen LogP contribution in [0.2, 0.25) is 0 Å². The van der Waals surface area contributed by atoms with Gasteiger partial charge in [-0.05, 0) is 36.6 Å². The van der Waals surface area contributed by atoms with E-state index in [0.29, 0.717) is 5.92 Å². The first-order chi connectivity index (χ1) is 9.95. The largest absolute Gasteiger partial charge is 0.481 e. The molecular weight excluding hydrogens is 352 g/mol. The van der Waals surface area contributed by atoms with E-state index in [1.54, 1.807) is 0 Å². The molecule has 1 aromatic carbocycles.